The van der Waals surface area contributed by atoms with Gasteiger partial charge in [0.1, 0.15) is 5.75 Å². The zero-order valence-electron chi connectivity index (χ0n) is 7.23. The predicted molar refractivity (Wildman–Crippen MR) is 60.4 cm³/mol. The quantitative estimate of drug-likeness (QED) is 0.751. The fourth-order valence-corrected chi connectivity index (χ4v) is 2.04. The molecule has 0 saturated carbocycles. The number of hydrogen-bond donors (Lipinski definition) is 0. The molecule has 0 unspecified atom stereocenters. The maximum Gasteiger partial charge on any atom is 0.132 e. The largest absolute Gasteiger partial charge is 0.496 e. The third-order valence-electron chi connectivity index (χ3n) is 1.64. The molecule has 2 heteroatoms. The second-order valence-electron chi connectivity index (χ2n) is 2.60. The Labute approximate surface area is 86.6 Å². The lowest BCUT2D eigenvalue weighted by Gasteiger charge is -2.07. The SMILES string of the molecule is C=C(C)c1cccc(OC)c1I. The van der Waals surface area contributed by atoms with Gasteiger partial charge in [-0.2, -0.15) is 0 Å². The summed E-state index contributed by atoms with van der Waals surface area (Å²) in [6.45, 7) is 5.90. The van der Waals surface area contributed by atoms with E-state index in [4.69, 9.17) is 4.74 Å². The van der Waals surface area contributed by atoms with Crippen LogP contribution in [0, 0.1) is 3.57 Å². The van der Waals surface area contributed by atoms with Crippen LogP contribution in [0.1, 0.15) is 12.5 Å². The average Bonchev–Trinajstić information content (AvgIpc) is 2.04. The maximum atomic E-state index is 5.19. The molecule has 1 aromatic rings. The number of methoxy groups -OCH3 is 1. The van der Waals surface area contributed by atoms with E-state index in [0.717, 1.165) is 20.5 Å². The zero-order valence-corrected chi connectivity index (χ0v) is 9.38. The number of ether oxygens (including phenoxy) is 1. The van der Waals surface area contributed by atoms with Crippen molar-refractivity contribution in [3.63, 3.8) is 0 Å². The van der Waals surface area contributed by atoms with Gasteiger partial charge in [-0.3, -0.25) is 0 Å². The first kappa shape index (κ1) is 9.58. The summed E-state index contributed by atoms with van der Waals surface area (Å²) in [5.41, 5.74) is 2.23. The van der Waals surface area contributed by atoms with Crippen LogP contribution in [0.15, 0.2) is 24.8 Å². The van der Waals surface area contributed by atoms with Gasteiger partial charge >= 0.3 is 0 Å². The van der Waals surface area contributed by atoms with Crippen LogP contribution in [-0.4, -0.2) is 7.11 Å². The van der Waals surface area contributed by atoms with Gasteiger partial charge in [0.2, 0.25) is 0 Å². The molecule has 0 aliphatic carbocycles. The number of benzene rings is 1. The van der Waals surface area contributed by atoms with Crippen molar-refractivity contribution >= 4 is 28.2 Å². The molecule has 0 saturated heterocycles. The second kappa shape index (κ2) is 3.94. The van der Waals surface area contributed by atoms with E-state index < -0.39 is 0 Å². The van der Waals surface area contributed by atoms with Crippen LogP contribution in [0.4, 0.5) is 0 Å². The summed E-state index contributed by atoms with van der Waals surface area (Å²) in [6, 6.07) is 5.98. The van der Waals surface area contributed by atoms with Crippen molar-refractivity contribution in [3.8, 4) is 5.75 Å². The van der Waals surface area contributed by atoms with Gasteiger partial charge < -0.3 is 4.74 Å². The second-order valence-corrected chi connectivity index (χ2v) is 3.68. The highest BCUT2D eigenvalue weighted by Crippen LogP contribution is 2.27. The van der Waals surface area contributed by atoms with Crippen molar-refractivity contribution in [2.75, 3.05) is 7.11 Å². The first-order chi connectivity index (χ1) is 5.66. The van der Waals surface area contributed by atoms with Gasteiger partial charge in [-0.05, 0) is 46.7 Å². The molecule has 0 aliphatic heterocycles. The van der Waals surface area contributed by atoms with Crippen LogP contribution < -0.4 is 4.74 Å². The number of hydrogen-bond acceptors (Lipinski definition) is 1. The molecule has 0 aromatic heterocycles. The first-order valence-electron chi connectivity index (χ1n) is 3.65. The molecule has 64 valence electrons. The van der Waals surface area contributed by atoms with E-state index >= 15 is 0 Å². The Morgan fingerprint density at radius 3 is 2.67 bits per heavy atom. The van der Waals surface area contributed by atoms with Gasteiger partial charge in [-0.25, -0.2) is 0 Å². The van der Waals surface area contributed by atoms with Gasteiger partial charge in [0.15, 0.2) is 0 Å². The Balaban J connectivity index is 3.23. The summed E-state index contributed by atoms with van der Waals surface area (Å²) in [4.78, 5) is 0. The van der Waals surface area contributed by atoms with Crippen molar-refractivity contribution in [3.05, 3.63) is 33.9 Å². The summed E-state index contributed by atoms with van der Waals surface area (Å²) >= 11 is 2.27. The minimum Gasteiger partial charge on any atom is -0.496 e. The third-order valence-corrected chi connectivity index (χ3v) is 2.76. The Morgan fingerprint density at radius 1 is 1.50 bits per heavy atom. The van der Waals surface area contributed by atoms with Crippen LogP contribution in [0.2, 0.25) is 0 Å². The molecule has 0 atom stereocenters. The van der Waals surface area contributed by atoms with Gasteiger partial charge in [0.05, 0.1) is 10.7 Å². The predicted octanol–water partition coefficient (Wildman–Crippen LogP) is 3.33. The molecule has 1 rings (SSSR count). The lowest BCUT2D eigenvalue weighted by atomic mass is 10.1. The monoisotopic (exact) mass is 274 g/mol. The van der Waals surface area contributed by atoms with Gasteiger partial charge in [0, 0.05) is 0 Å². The lowest BCUT2D eigenvalue weighted by molar-refractivity contribution is 0.411. The van der Waals surface area contributed by atoms with E-state index in [1.165, 1.54) is 0 Å². The minimum atomic E-state index is 0.913. The molecule has 0 fully saturated rings. The van der Waals surface area contributed by atoms with Crippen molar-refractivity contribution < 1.29 is 4.74 Å². The molecule has 0 bridgehead atoms. The van der Waals surface area contributed by atoms with E-state index in [1.807, 2.05) is 25.1 Å². The fourth-order valence-electron chi connectivity index (χ4n) is 0.998. The van der Waals surface area contributed by atoms with E-state index in [0.29, 0.717) is 0 Å². The molecule has 1 nitrogen and oxygen atoms in total. The molecule has 0 spiro atoms. The highest BCUT2D eigenvalue weighted by atomic mass is 127. The number of rotatable bonds is 2. The Hall–Kier alpha value is -0.510. The highest BCUT2D eigenvalue weighted by Gasteiger charge is 2.04. The summed E-state index contributed by atoms with van der Waals surface area (Å²) in [7, 11) is 1.68. The Bertz CT molecular complexity index is 305. The fraction of sp³-hybridized carbons (Fsp3) is 0.200. The summed E-state index contributed by atoms with van der Waals surface area (Å²) in [5.74, 6) is 0.913. The van der Waals surface area contributed by atoms with Crippen LogP contribution in [-0.2, 0) is 0 Å². The van der Waals surface area contributed by atoms with E-state index in [1.54, 1.807) is 7.11 Å². The summed E-state index contributed by atoms with van der Waals surface area (Å²) < 4.78 is 6.32. The van der Waals surface area contributed by atoms with E-state index in [9.17, 15) is 0 Å². The zero-order chi connectivity index (χ0) is 9.14. The summed E-state index contributed by atoms with van der Waals surface area (Å²) in [6.07, 6.45) is 0. The molecule has 0 amide bonds. The molecule has 0 heterocycles. The number of allylic oxidation sites excluding steroid dienone is 1. The van der Waals surface area contributed by atoms with Gasteiger partial charge in [-0.1, -0.05) is 18.7 Å². The minimum absolute atomic E-state index is 0.913. The third kappa shape index (κ3) is 1.80. The molecule has 0 aliphatic rings. The van der Waals surface area contributed by atoms with Gasteiger partial charge in [0.25, 0.3) is 0 Å². The van der Waals surface area contributed by atoms with Crippen LogP contribution in [0.5, 0.6) is 5.75 Å². The van der Waals surface area contributed by atoms with Crippen molar-refractivity contribution in [1.82, 2.24) is 0 Å². The molecule has 0 N–H and O–H groups in total. The average molecular weight is 274 g/mol. The smallest absolute Gasteiger partial charge is 0.132 e. The first-order valence-corrected chi connectivity index (χ1v) is 4.73. The van der Waals surface area contributed by atoms with E-state index in [2.05, 4.69) is 29.2 Å². The van der Waals surface area contributed by atoms with Crippen LogP contribution in [0.25, 0.3) is 5.57 Å². The molecular formula is C10H11IO. The maximum absolute atomic E-state index is 5.19. The Morgan fingerprint density at radius 2 is 2.17 bits per heavy atom. The van der Waals surface area contributed by atoms with Gasteiger partial charge in [-0.15, -0.1) is 0 Å². The lowest BCUT2D eigenvalue weighted by Crippen LogP contribution is -1.90. The number of halogens is 1. The standard InChI is InChI=1S/C10H11IO/c1-7(2)8-5-4-6-9(12-3)10(8)11/h4-6H,1H2,2-3H3. The van der Waals surface area contributed by atoms with Crippen molar-refractivity contribution in [2.45, 2.75) is 6.92 Å². The Kier molecular flexibility index (Phi) is 3.14. The van der Waals surface area contributed by atoms with Crippen molar-refractivity contribution in [2.24, 2.45) is 0 Å². The topological polar surface area (TPSA) is 9.23 Å². The van der Waals surface area contributed by atoms with Crippen LogP contribution in [0.3, 0.4) is 0 Å². The molecular weight excluding hydrogens is 263 g/mol. The van der Waals surface area contributed by atoms with E-state index in [-0.39, 0.29) is 0 Å². The normalized spacial score (nSPS) is 9.58. The molecule has 1 aromatic carbocycles. The summed E-state index contributed by atoms with van der Waals surface area (Å²) in [5, 5.41) is 0. The van der Waals surface area contributed by atoms with Crippen molar-refractivity contribution in [1.29, 1.82) is 0 Å². The molecule has 0 radical (unpaired) electrons. The molecule has 12 heavy (non-hydrogen) atoms. The highest BCUT2D eigenvalue weighted by molar-refractivity contribution is 14.1. The van der Waals surface area contributed by atoms with Crippen LogP contribution >= 0.6 is 22.6 Å².